The van der Waals surface area contributed by atoms with Crippen molar-refractivity contribution in [2.75, 3.05) is 4.90 Å². The molecule has 2 amide bonds. The van der Waals surface area contributed by atoms with Gasteiger partial charge in [0.05, 0.1) is 16.8 Å². The van der Waals surface area contributed by atoms with E-state index in [0.717, 1.165) is 28.7 Å². The monoisotopic (exact) mass is 331 g/mol. The van der Waals surface area contributed by atoms with E-state index in [2.05, 4.69) is 0 Å². The van der Waals surface area contributed by atoms with Crippen LogP contribution in [0, 0.1) is 6.92 Å². The summed E-state index contributed by atoms with van der Waals surface area (Å²) in [4.78, 5) is 25.4. The van der Waals surface area contributed by atoms with E-state index in [9.17, 15) is 22.8 Å². The van der Waals surface area contributed by atoms with Crippen molar-refractivity contribution < 1.29 is 22.8 Å². The number of rotatable bonds is 2. The lowest BCUT2D eigenvalue weighted by Gasteiger charge is -2.17. The lowest BCUT2D eigenvalue weighted by Crippen LogP contribution is -2.30. The number of carbonyl (C=O) groups excluding carboxylic acids is 2. The highest BCUT2D eigenvalue weighted by Crippen LogP contribution is 2.34. The molecule has 0 fully saturated rings. The normalized spacial score (nSPS) is 15.0. The molecule has 24 heavy (non-hydrogen) atoms. The van der Waals surface area contributed by atoms with Crippen LogP contribution in [0.25, 0.3) is 5.57 Å². The second-order valence-corrected chi connectivity index (χ2v) is 5.45. The number of imide groups is 1. The van der Waals surface area contributed by atoms with E-state index in [1.165, 1.54) is 12.1 Å². The number of aryl methyl sites for hydroxylation is 1. The van der Waals surface area contributed by atoms with Gasteiger partial charge in [-0.3, -0.25) is 9.59 Å². The fourth-order valence-electron chi connectivity index (χ4n) is 2.48. The number of alkyl halides is 3. The van der Waals surface area contributed by atoms with Crippen LogP contribution in [0.5, 0.6) is 0 Å². The van der Waals surface area contributed by atoms with E-state index in [4.69, 9.17) is 0 Å². The standard InChI is InChI=1S/C18H12F3NO2/c1-11-5-7-12(8-6-11)15-10-16(23)22(17(15)24)14-4-2-3-13(9-14)18(19,20)21/h2-10H,1H3. The zero-order valence-electron chi connectivity index (χ0n) is 12.6. The maximum atomic E-state index is 12.8. The van der Waals surface area contributed by atoms with Crippen molar-refractivity contribution in [1.29, 1.82) is 0 Å². The molecule has 0 bridgehead atoms. The zero-order valence-corrected chi connectivity index (χ0v) is 12.6. The van der Waals surface area contributed by atoms with Gasteiger partial charge in [0.2, 0.25) is 0 Å². The van der Waals surface area contributed by atoms with Crippen LogP contribution in [0.15, 0.2) is 54.6 Å². The molecular formula is C18H12F3NO2. The molecule has 0 aliphatic carbocycles. The number of nitrogens with zero attached hydrogens (tertiary/aromatic N) is 1. The molecule has 3 nitrogen and oxygen atoms in total. The largest absolute Gasteiger partial charge is 0.416 e. The summed E-state index contributed by atoms with van der Waals surface area (Å²) in [5.41, 5.74) is 0.694. The highest BCUT2D eigenvalue weighted by molar-refractivity contribution is 6.43. The number of halogens is 3. The number of benzene rings is 2. The Labute approximate surface area is 136 Å². The summed E-state index contributed by atoms with van der Waals surface area (Å²) >= 11 is 0. The first-order chi connectivity index (χ1) is 11.3. The molecule has 6 heteroatoms. The molecule has 0 radical (unpaired) electrons. The van der Waals surface area contributed by atoms with Gasteiger partial charge in [-0.15, -0.1) is 0 Å². The Morgan fingerprint density at radius 2 is 1.62 bits per heavy atom. The average molecular weight is 331 g/mol. The highest BCUT2D eigenvalue weighted by Gasteiger charge is 2.35. The van der Waals surface area contributed by atoms with Crippen LogP contribution in [0.1, 0.15) is 16.7 Å². The van der Waals surface area contributed by atoms with Crippen molar-refractivity contribution >= 4 is 23.1 Å². The number of hydrogen-bond donors (Lipinski definition) is 0. The van der Waals surface area contributed by atoms with Gasteiger partial charge in [-0.05, 0) is 30.7 Å². The van der Waals surface area contributed by atoms with Crippen molar-refractivity contribution in [3.8, 4) is 0 Å². The second kappa shape index (κ2) is 5.63. The van der Waals surface area contributed by atoms with Gasteiger partial charge in [0.25, 0.3) is 11.8 Å². The van der Waals surface area contributed by atoms with Gasteiger partial charge in [-0.2, -0.15) is 13.2 Å². The molecule has 0 unspecified atom stereocenters. The fourth-order valence-corrected chi connectivity index (χ4v) is 2.48. The molecule has 3 rings (SSSR count). The smallest absolute Gasteiger partial charge is 0.269 e. The summed E-state index contributed by atoms with van der Waals surface area (Å²) in [7, 11) is 0. The first kappa shape index (κ1) is 16.0. The maximum Gasteiger partial charge on any atom is 0.416 e. The predicted molar refractivity (Wildman–Crippen MR) is 83.1 cm³/mol. The predicted octanol–water partition coefficient (Wildman–Crippen LogP) is 3.97. The molecule has 0 N–H and O–H groups in total. The molecule has 0 atom stereocenters. The average Bonchev–Trinajstić information content (AvgIpc) is 2.82. The van der Waals surface area contributed by atoms with Crippen LogP contribution in [0.4, 0.5) is 18.9 Å². The Morgan fingerprint density at radius 1 is 0.958 bits per heavy atom. The molecule has 0 spiro atoms. The first-order valence-corrected chi connectivity index (χ1v) is 7.12. The quantitative estimate of drug-likeness (QED) is 0.781. The Hall–Kier alpha value is -2.89. The molecular weight excluding hydrogens is 319 g/mol. The topological polar surface area (TPSA) is 37.4 Å². The number of hydrogen-bond acceptors (Lipinski definition) is 2. The van der Waals surface area contributed by atoms with Crippen molar-refractivity contribution in [2.45, 2.75) is 13.1 Å². The molecule has 1 aliphatic rings. The van der Waals surface area contributed by atoms with Crippen molar-refractivity contribution in [2.24, 2.45) is 0 Å². The van der Waals surface area contributed by atoms with E-state index in [1.54, 1.807) is 24.3 Å². The summed E-state index contributed by atoms with van der Waals surface area (Å²) in [6.45, 7) is 1.88. The van der Waals surface area contributed by atoms with Crippen LogP contribution in [-0.4, -0.2) is 11.8 Å². The van der Waals surface area contributed by atoms with E-state index in [1.807, 2.05) is 6.92 Å². The van der Waals surface area contributed by atoms with E-state index in [-0.39, 0.29) is 11.3 Å². The highest BCUT2D eigenvalue weighted by atomic mass is 19.4. The molecule has 1 heterocycles. The van der Waals surface area contributed by atoms with Gasteiger partial charge in [0.1, 0.15) is 0 Å². The van der Waals surface area contributed by atoms with Crippen LogP contribution in [0.2, 0.25) is 0 Å². The number of anilines is 1. The van der Waals surface area contributed by atoms with Crippen LogP contribution < -0.4 is 4.90 Å². The Kier molecular flexibility index (Phi) is 3.75. The third-order valence-electron chi connectivity index (χ3n) is 3.72. The first-order valence-electron chi connectivity index (χ1n) is 7.12. The molecule has 122 valence electrons. The summed E-state index contributed by atoms with van der Waals surface area (Å²) in [6, 6.07) is 11.1. The van der Waals surface area contributed by atoms with E-state index in [0.29, 0.717) is 5.56 Å². The molecule has 0 saturated carbocycles. The Balaban J connectivity index is 1.96. The third kappa shape index (κ3) is 2.82. The number of carbonyl (C=O) groups is 2. The molecule has 2 aromatic rings. The minimum absolute atomic E-state index is 0.0989. The SMILES string of the molecule is Cc1ccc(C2=CC(=O)N(c3cccc(C(F)(F)F)c3)C2=O)cc1. The zero-order chi connectivity index (χ0) is 17.5. The van der Waals surface area contributed by atoms with E-state index >= 15 is 0 Å². The lowest BCUT2D eigenvalue weighted by molar-refractivity contribution is -0.137. The maximum absolute atomic E-state index is 12.8. The van der Waals surface area contributed by atoms with Crippen LogP contribution in [-0.2, 0) is 15.8 Å². The van der Waals surface area contributed by atoms with Gasteiger partial charge in [-0.1, -0.05) is 35.9 Å². The molecule has 2 aromatic carbocycles. The minimum Gasteiger partial charge on any atom is -0.269 e. The summed E-state index contributed by atoms with van der Waals surface area (Å²) < 4.78 is 38.5. The summed E-state index contributed by atoms with van der Waals surface area (Å²) in [5, 5.41) is 0. The fraction of sp³-hybridized carbons (Fsp3) is 0.111. The van der Waals surface area contributed by atoms with Crippen LogP contribution in [0.3, 0.4) is 0 Å². The van der Waals surface area contributed by atoms with Crippen LogP contribution >= 0.6 is 0 Å². The number of amides is 2. The van der Waals surface area contributed by atoms with Crippen molar-refractivity contribution in [3.63, 3.8) is 0 Å². The lowest BCUT2D eigenvalue weighted by atomic mass is 10.0. The van der Waals surface area contributed by atoms with E-state index < -0.39 is 23.6 Å². The Morgan fingerprint density at radius 3 is 2.25 bits per heavy atom. The van der Waals surface area contributed by atoms with Gasteiger partial charge < -0.3 is 0 Å². The van der Waals surface area contributed by atoms with Crippen molar-refractivity contribution in [1.82, 2.24) is 0 Å². The van der Waals surface area contributed by atoms with Crippen molar-refractivity contribution in [3.05, 3.63) is 71.3 Å². The summed E-state index contributed by atoms with van der Waals surface area (Å²) in [6.07, 6.45) is -3.40. The molecule has 0 aromatic heterocycles. The second-order valence-electron chi connectivity index (χ2n) is 5.45. The molecule has 1 aliphatic heterocycles. The third-order valence-corrected chi connectivity index (χ3v) is 3.72. The summed E-state index contributed by atoms with van der Waals surface area (Å²) in [5.74, 6) is -1.29. The van der Waals surface area contributed by atoms with Gasteiger partial charge >= 0.3 is 6.18 Å². The Bertz CT molecular complexity index is 851. The molecule has 0 saturated heterocycles. The van der Waals surface area contributed by atoms with Gasteiger partial charge in [0.15, 0.2) is 0 Å². The minimum atomic E-state index is -4.55. The van der Waals surface area contributed by atoms with Gasteiger partial charge in [-0.25, -0.2) is 4.90 Å². The van der Waals surface area contributed by atoms with Gasteiger partial charge in [0, 0.05) is 6.08 Å².